The van der Waals surface area contributed by atoms with Gasteiger partial charge in [-0.2, -0.15) is 0 Å². The first kappa shape index (κ1) is 14.9. The molecule has 0 aliphatic rings. The van der Waals surface area contributed by atoms with Gasteiger partial charge < -0.3 is 0 Å². The number of sulfonamides is 1. The van der Waals surface area contributed by atoms with Gasteiger partial charge in [0.25, 0.3) is 0 Å². The van der Waals surface area contributed by atoms with E-state index in [9.17, 15) is 8.42 Å². The van der Waals surface area contributed by atoms with Gasteiger partial charge in [0.15, 0.2) is 0 Å². The van der Waals surface area contributed by atoms with Gasteiger partial charge in [-0.1, -0.05) is 39.5 Å². The van der Waals surface area contributed by atoms with Crippen LogP contribution in [0.4, 0.5) is 0 Å². The zero-order chi connectivity index (χ0) is 11.7. The Morgan fingerprint density at radius 2 is 1.67 bits per heavy atom. The fourth-order valence-electron chi connectivity index (χ4n) is 1.36. The smallest absolute Gasteiger partial charge is 0.211 e. The Kier molecular flexibility index (Phi) is 8.06. The molecule has 0 aromatic rings. The molecule has 92 valence electrons. The van der Waals surface area contributed by atoms with E-state index in [1.807, 2.05) is 0 Å². The molecule has 0 bridgehead atoms. The van der Waals surface area contributed by atoms with Crippen molar-refractivity contribution in [2.75, 3.05) is 12.3 Å². The van der Waals surface area contributed by atoms with Crippen LogP contribution < -0.4 is 4.72 Å². The second kappa shape index (κ2) is 8.11. The molecule has 0 aliphatic carbocycles. The number of unbranched alkanes of at least 4 members (excludes halogenated alkanes) is 3. The summed E-state index contributed by atoms with van der Waals surface area (Å²) in [4.78, 5) is 0. The van der Waals surface area contributed by atoms with E-state index in [1.54, 1.807) is 6.92 Å². The van der Waals surface area contributed by atoms with Crippen molar-refractivity contribution in [3.63, 3.8) is 0 Å². The van der Waals surface area contributed by atoms with E-state index in [1.165, 1.54) is 19.3 Å². The second-order valence-electron chi connectivity index (χ2n) is 4.39. The molecule has 0 saturated heterocycles. The van der Waals surface area contributed by atoms with Gasteiger partial charge in [0, 0.05) is 6.54 Å². The van der Waals surface area contributed by atoms with Crippen LogP contribution in [0.5, 0.6) is 0 Å². The Labute approximate surface area is 94.7 Å². The van der Waals surface area contributed by atoms with Gasteiger partial charge in [0.2, 0.25) is 10.0 Å². The summed E-state index contributed by atoms with van der Waals surface area (Å²) in [5.41, 5.74) is 0. The summed E-state index contributed by atoms with van der Waals surface area (Å²) in [6.45, 7) is 6.72. The first-order chi connectivity index (χ1) is 6.98. The lowest BCUT2D eigenvalue weighted by atomic mass is 10.0. The first-order valence-corrected chi connectivity index (χ1v) is 7.60. The molecule has 0 radical (unpaired) electrons. The van der Waals surface area contributed by atoms with Gasteiger partial charge in [-0.25, -0.2) is 13.1 Å². The fraction of sp³-hybridized carbons (Fsp3) is 1.00. The lowest BCUT2D eigenvalue weighted by Crippen LogP contribution is -2.26. The fourth-order valence-corrected chi connectivity index (χ4v) is 2.02. The summed E-state index contributed by atoms with van der Waals surface area (Å²) in [7, 11) is -2.98. The normalized spacial score (nSPS) is 12.3. The van der Waals surface area contributed by atoms with E-state index < -0.39 is 10.0 Å². The number of hydrogen-bond donors (Lipinski definition) is 1. The minimum Gasteiger partial charge on any atom is -0.215 e. The summed E-state index contributed by atoms with van der Waals surface area (Å²) in [6.07, 6.45) is 5.83. The van der Waals surface area contributed by atoms with Crippen molar-refractivity contribution in [3.8, 4) is 0 Å². The van der Waals surface area contributed by atoms with Crippen molar-refractivity contribution in [1.29, 1.82) is 0 Å². The Balaban J connectivity index is 3.26. The molecule has 15 heavy (non-hydrogen) atoms. The van der Waals surface area contributed by atoms with Crippen LogP contribution >= 0.6 is 0 Å². The van der Waals surface area contributed by atoms with Crippen LogP contribution in [0.2, 0.25) is 0 Å². The van der Waals surface area contributed by atoms with Gasteiger partial charge in [0.05, 0.1) is 5.75 Å². The molecule has 0 fully saturated rings. The van der Waals surface area contributed by atoms with Crippen molar-refractivity contribution < 1.29 is 8.42 Å². The van der Waals surface area contributed by atoms with Crippen LogP contribution in [-0.2, 0) is 10.0 Å². The highest BCUT2D eigenvalue weighted by Crippen LogP contribution is 2.08. The van der Waals surface area contributed by atoms with E-state index in [0.717, 1.165) is 18.8 Å². The standard InChI is InChI=1S/C11H25NO2S/c1-4-15(13,14)12-10-8-6-5-7-9-11(2)3/h11-12H,4-10H2,1-3H3. The SMILES string of the molecule is CCS(=O)(=O)NCCCCCCC(C)C. The molecule has 0 saturated carbocycles. The van der Waals surface area contributed by atoms with E-state index in [0.29, 0.717) is 6.54 Å². The maximum Gasteiger partial charge on any atom is 0.211 e. The van der Waals surface area contributed by atoms with Crippen molar-refractivity contribution in [2.45, 2.75) is 52.9 Å². The molecule has 0 aliphatic heterocycles. The molecule has 1 N–H and O–H groups in total. The van der Waals surface area contributed by atoms with Crippen molar-refractivity contribution in [3.05, 3.63) is 0 Å². The quantitative estimate of drug-likeness (QED) is 0.624. The zero-order valence-corrected chi connectivity index (χ0v) is 11.1. The van der Waals surface area contributed by atoms with Gasteiger partial charge in [-0.05, 0) is 19.3 Å². The van der Waals surface area contributed by atoms with E-state index in [2.05, 4.69) is 18.6 Å². The van der Waals surface area contributed by atoms with Gasteiger partial charge >= 0.3 is 0 Å². The third-order valence-corrected chi connectivity index (χ3v) is 3.81. The highest BCUT2D eigenvalue weighted by atomic mass is 32.2. The Bertz CT molecular complexity index is 235. The molecule has 0 spiro atoms. The zero-order valence-electron chi connectivity index (χ0n) is 10.3. The summed E-state index contributed by atoms with van der Waals surface area (Å²) >= 11 is 0. The second-order valence-corrected chi connectivity index (χ2v) is 6.49. The number of nitrogens with one attached hydrogen (secondary N) is 1. The third kappa shape index (κ3) is 10.2. The molecule has 0 aromatic heterocycles. The molecule has 0 atom stereocenters. The van der Waals surface area contributed by atoms with Gasteiger partial charge in [-0.3, -0.25) is 0 Å². The average Bonchev–Trinajstić information content (AvgIpc) is 2.16. The molecule has 0 unspecified atom stereocenters. The minimum atomic E-state index is -2.98. The molecule has 0 amide bonds. The highest BCUT2D eigenvalue weighted by molar-refractivity contribution is 7.89. The van der Waals surface area contributed by atoms with E-state index in [4.69, 9.17) is 0 Å². The summed E-state index contributed by atoms with van der Waals surface area (Å²) < 4.78 is 24.7. The topological polar surface area (TPSA) is 46.2 Å². The minimum absolute atomic E-state index is 0.181. The maximum absolute atomic E-state index is 11.1. The lowest BCUT2D eigenvalue weighted by Gasteiger charge is -2.05. The maximum atomic E-state index is 11.1. The number of rotatable bonds is 9. The van der Waals surface area contributed by atoms with Crippen LogP contribution in [0, 0.1) is 5.92 Å². The van der Waals surface area contributed by atoms with Crippen LogP contribution in [0.1, 0.15) is 52.9 Å². The van der Waals surface area contributed by atoms with E-state index in [-0.39, 0.29) is 5.75 Å². The molecule has 4 heteroatoms. The highest BCUT2D eigenvalue weighted by Gasteiger charge is 2.03. The lowest BCUT2D eigenvalue weighted by molar-refractivity contribution is 0.517. The van der Waals surface area contributed by atoms with Gasteiger partial charge in [0.1, 0.15) is 0 Å². The molecule has 0 rings (SSSR count). The largest absolute Gasteiger partial charge is 0.215 e. The van der Waals surface area contributed by atoms with Crippen molar-refractivity contribution in [2.24, 2.45) is 5.92 Å². The molecule has 0 aromatic carbocycles. The monoisotopic (exact) mass is 235 g/mol. The van der Waals surface area contributed by atoms with Crippen molar-refractivity contribution in [1.82, 2.24) is 4.72 Å². The summed E-state index contributed by atoms with van der Waals surface area (Å²) in [6, 6.07) is 0. The van der Waals surface area contributed by atoms with Crippen LogP contribution in [0.15, 0.2) is 0 Å². The summed E-state index contributed by atoms with van der Waals surface area (Å²) in [5.74, 6) is 0.962. The predicted octanol–water partition coefficient (Wildman–Crippen LogP) is 2.53. The predicted molar refractivity (Wildman–Crippen MR) is 65.4 cm³/mol. The molecule has 0 heterocycles. The molecular formula is C11H25NO2S. The summed E-state index contributed by atoms with van der Waals surface area (Å²) in [5, 5.41) is 0. The van der Waals surface area contributed by atoms with Crippen LogP contribution in [-0.4, -0.2) is 20.7 Å². The molecular weight excluding hydrogens is 210 g/mol. The average molecular weight is 235 g/mol. The Morgan fingerprint density at radius 1 is 1.07 bits per heavy atom. The number of hydrogen-bond acceptors (Lipinski definition) is 2. The van der Waals surface area contributed by atoms with Crippen LogP contribution in [0.3, 0.4) is 0 Å². The first-order valence-electron chi connectivity index (χ1n) is 5.95. The Morgan fingerprint density at radius 3 is 2.20 bits per heavy atom. The van der Waals surface area contributed by atoms with Crippen molar-refractivity contribution >= 4 is 10.0 Å². The third-order valence-electron chi connectivity index (χ3n) is 2.41. The van der Waals surface area contributed by atoms with Crippen LogP contribution in [0.25, 0.3) is 0 Å². The van der Waals surface area contributed by atoms with Gasteiger partial charge in [-0.15, -0.1) is 0 Å². The molecule has 3 nitrogen and oxygen atoms in total. The Hall–Kier alpha value is -0.0900. The van der Waals surface area contributed by atoms with E-state index >= 15 is 0 Å².